The number of rotatable bonds is 4. The normalized spacial score (nSPS) is 33.1. The van der Waals surface area contributed by atoms with E-state index in [1.54, 1.807) is 0 Å². The second-order valence-corrected chi connectivity index (χ2v) is 6.15. The van der Waals surface area contributed by atoms with E-state index in [1.165, 1.54) is 19.4 Å². The number of carbonyl (C=O) groups is 1. The number of halogens is 1. The summed E-state index contributed by atoms with van der Waals surface area (Å²) in [6.45, 7) is 8.04. The smallest absolute Gasteiger partial charge is 0.217 e. The second kappa shape index (κ2) is 6.73. The molecule has 0 spiro atoms. The number of amides is 1. The summed E-state index contributed by atoms with van der Waals surface area (Å²) >= 11 is 0. The maximum atomic E-state index is 11.0. The molecule has 2 fully saturated rings. The molecule has 106 valence electrons. The Morgan fingerprint density at radius 2 is 2.33 bits per heavy atom. The molecular weight excluding hydrogens is 250 g/mol. The summed E-state index contributed by atoms with van der Waals surface area (Å²) in [7, 11) is 0. The number of carbonyl (C=O) groups excluding carboxylic acids is 1. The highest BCUT2D eigenvalue weighted by Crippen LogP contribution is 2.28. The van der Waals surface area contributed by atoms with Crippen molar-refractivity contribution in [3.05, 3.63) is 0 Å². The van der Waals surface area contributed by atoms with Gasteiger partial charge in [-0.05, 0) is 43.7 Å². The van der Waals surface area contributed by atoms with Gasteiger partial charge in [0.2, 0.25) is 5.91 Å². The van der Waals surface area contributed by atoms with Gasteiger partial charge in [0.15, 0.2) is 0 Å². The summed E-state index contributed by atoms with van der Waals surface area (Å²) < 4.78 is 0. The van der Waals surface area contributed by atoms with Gasteiger partial charge in [-0.25, -0.2) is 0 Å². The molecule has 0 radical (unpaired) electrons. The van der Waals surface area contributed by atoms with Crippen LogP contribution in [-0.4, -0.2) is 43.5 Å². The lowest BCUT2D eigenvalue weighted by atomic mass is 9.87. The third-order valence-corrected chi connectivity index (χ3v) is 4.16. The summed E-state index contributed by atoms with van der Waals surface area (Å²) in [4.78, 5) is 13.5. The molecule has 0 aliphatic carbocycles. The van der Waals surface area contributed by atoms with E-state index in [2.05, 4.69) is 17.1 Å². The van der Waals surface area contributed by atoms with Crippen molar-refractivity contribution in [1.29, 1.82) is 0 Å². The molecular formula is C13H26ClN3O. The second-order valence-electron chi connectivity index (χ2n) is 6.15. The van der Waals surface area contributed by atoms with Gasteiger partial charge in [-0.3, -0.25) is 4.79 Å². The van der Waals surface area contributed by atoms with Crippen LogP contribution in [0.5, 0.6) is 0 Å². The first kappa shape index (κ1) is 15.7. The third-order valence-electron chi connectivity index (χ3n) is 4.16. The van der Waals surface area contributed by atoms with E-state index in [1.807, 2.05) is 0 Å². The first-order valence-corrected chi connectivity index (χ1v) is 6.79. The molecule has 0 saturated carbocycles. The molecule has 0 aromatic heterocycles. The van der Waals surface area contributed by atoms with Crippen LogP contribution in [0, 0.1) is 11.3 Å². The number of piperidine rings is 1. The van der Waals surface area contributed by atoms with Crippen molar-refractivity contribution in [2.24, 2.45) is 17.1 Å². The Morgan fingerprint density at radius 1 is 1.56 bits per heavy atom. The zero-order chi connectivity index (χ0) is 12.3. The molecule has 2 aliphatic rings. The fraction of sp³-hybridized carbons (Fsp3) is 0.923. The Morgan fingerprint density at radius 3 is 2.94 bits per heavy atom. The number of nitrogens with one attached hydrogen (secondary N) is 1. The summed E-state index contributed by atoms with van der Waals surface area (Å²) in [5.74, 6) is 0.338. The maximum absolute atomic E-state index is 11.0. The minimum atomic E-state index is -0.148. The first-order chi connectivity index (χ1) is 8.07. The summed E-state index contributed by atoms with van der Waals surface area (Å²) in [6, 6.07) is 0. The van der Waals surface area contributed by atoms with Crippen LogP contribution in [0.4, 0.5) is 0 Å². The predicted molar refractivity (Wildman–Crippen MR) is 75.8 cm³/mol. The predicted octanol–water partition coefficient (Wildman–Crippen LogP) is 0.995. The number of hydrogen-bond donors (Lipinski definition) is 2. The van der Waals surface area contributed by atoms with E-state index in [4.69, 9.17) is 5.73 Å². The lowest BCUT2D eigenvalue weighted by Crippen LogP contribution is -2.43. The van der Waals surface area contributed by atoms with Crippen molar-refractivity contribution < 1.29 is 4.79 Å². The van der Waals surface area contributed by atoms with Crippen LogP contribution in [-0.2, 0) is 4.79 Å². The van der Waals surface area contributed by atoms with Gasteiger partial charge in [0.1, 0.15) is 0 Å². The zero-order valence-corrected chi connectivity index (χ0v) is 12.1. The Bertz CT molecular complexity index is 279. The van der Waals surface area contributed by atoms with Crippen molar-refractivity contribution >= 4 is 18.3 Å². The van der Waals surface area contributed by atoms with Crippen LogP contribution in [0.3, 0.4) is 0 Å². The summed E-state index contributed by atoms with van der Waals surface area (Å²) in [5, 5.41) is 3.45. The highest BCUT2D eigenvalue weighted by atomic mass is 35.5. The Hall–Kier alpha value is -0.320. The molecule has 2 aliphatic heterocycles. The minimum absolute atomic E-state index is 0. The Labute approximate surface area is 116 Å². The van der Waals surface area contributed by atoms with E-state index in [0.717, 1.165) is 32.6 Å². The van der Waals surface area contributed by atoms with Crippen molar-refractivity contribution in [2.75, 3.05) is 32.7 Å². The average molecular weight is 276 g/mol. The molecule has 0 aromatic rings. The van der Waals surface area contributed by atoms with Gasteiger partial charge in [-0.15, -0.1) is 12.4 Å². The summed E-state index contributed by atoms with van der Waals surface area (Å²) in [6.07, 6.45) is 4.20. The third kappa shape index (κ3) is 4.41. The molecule has 3 N–H and O–H groups in total. The number of nitrogens with two attached hydrogens (primary N) is 1. The molecule has 0 bridgehead atoms. The number of likely N-dealkylation sites (tertiary alicyclic amines) is 1. The van der Waals surface area contributed by atoms with Gasteiger partial charge in [0.05, 0.1) is 0 Å². The van der Waals surface area contributed by atoms with Crippen molar-refractivity contribution in [3.8, 4) is 0 Å². The van der Waals surface area contributed by atoms with Gasteiger partial charge in [-0.1, -0.05) is 6.92 Å². The van der Waals surface area contributed by atoms with Crippen LogP contribution in [0.2, 0.25) is 0 Å². The molecule has 4 nitrogen and oxygen atoms in total. The molecule has 0 aromatic carbocycles. The average Bonchev–Trinajstić information content (AvgIpc) is 2.64. The molecule has 2 rings (SSSR count). The van der Waals surface area contributed by atoms with Gasteiger partial charge in [-0.2, -0.15) is 0 Å². The number of primary amides is 1. The van der Waals surface area contributed by atoms with E-state index in [-0.39, 0.29) is 18.3 Å². The minimum Gasteiger partial charge on any atom is -0.370 e. The standard InChI is InChI=1S/C13H25N3O.ClH/c1-13(4-5-15-9-13)10-16-6-2-3-11(8-16)7-12(14)17;/h11,15H,2-10H2,1H3,(H2,14,17);1H. The van der Waals surface area contributed by atoms with Crippen molar-refractivity contribution in [3.63, 3.8) is 0 Å². The monoisotopic (exact) mass is 275 g/mol. The Kier molecular flexibility index (Phi) is 5.89. The van der Waals surface area contributed by atoms with Gasteiger partial charge < -0.3 is 16.0 Å². The molecule has 1 amide bonds. The van der Waals surface area contributed by atoms with Crippen LogP contribution in [0.15, 0.2) is 0 Å². The van der Waals surface area contributed by atoms with Crippen molar-refractivity contribution in [2.45, 2.75) is 32.6 Å². The fourth-order valence-electron chi connectivity index (χ4n) is 3.29. The lowest BCUT2D eigenvalue weighted by Gasteiger charge is -2.37. The number of hydrogen-bond acceptors (Lipinski definition) is 3. The first-order valence-electron chi connectivity index (χ1n) is 6.79. The fourth-order valence-corrected chi connectivity index (χ4v) is 3.29. The number of nitrogens with zero attached hydrogens (tertiary/aromatic N) is 1. The van der Waals surface area contributed by atoms with Crippen LogP contribution in [0.1, 0.15) is 32.6 Å². The molecule has 5 heteroatoms. The Balaban J connectivity index is 0.00000162. The van der Waals surface area contributed by atoms with Crippen LogP contribution < -0.4 is 11.1 Å². The maximum Gasteiger partial charge on any atom is 0.217 e. The van der Waals surface area contributed by atoms with E-state index in [9.17, 15) is 4.79 Å². The quantitative estimate of drug-likeness (QED) is 0.805. The largest absolute Gasteiger partial charge is 0.370 e. The van der Waals surface area contributed by atoms with Crippen LogP contribution in [0.25, 0.3) is 0 Å². The molecule has 2 heterocycles. The van der Waals surface area contributed by atoms with Gasteiger partial charge in [0, 0.05) is 26.1 Å². The molecule has 18 heavy (non-hydrogen) atoms. The lowest BCUT2D eigenvalue weighted by molar-refractivity contribution is -0.119. The van der Waals surface area contributed by atoms with E-state index < -0.39 is 0 Å². The zero-order valence-electron chi connectivity index (χ0n) is 11.3. The molecule has 2 unspecified atom stereocenters. The van der Waals surface area contributed by atoms with E-state index in [0.29, 0.717) is 17.8 Å². The molecule has 2 saturated heterocycles. The van der Waals surface area contributed by atoms with E-state index >= 15 is 0 Å². The highest BCUT2D eigenvalue weighted by Gasteiger charge is 2.32. The van der Waals surface area contributed by atoms with Gasteiger partial charge in [0.25, 0.3) is 0 Å². The molecule has 2 atom stereocenters. The van der Waals surface area contributed by atoms with Crippen LogP contribution >= 0.6 is 12.4 Å². The topological polar surface area (TPSA) is 58.4 Å². The summed E-state index contributed by atoms with van der Waals surface area (Å²) in [5.41, 5.74) is 5.72. The van der Waals surface area contributed by atoms with Gasteiger partial charge >= 0.3 is 0 Å². The SMILES string of the molecule is CC1(CN2CCCC(CC(N)=O)C2)CCNC1.Cl. The van der Waals surface area contributed by atoms with Crippen molar-refractivity contribution in [1.82, 2.24) is 10.2 Å². The highest BCUT2D eigenvalue weighted by molar-refractivity contribution is 5.85.